The molecule has 0 spiro atoms. The van der Waals surface area contributed by atoms with Crippen LogP contribution in [0, 0.1) is 6.33 Å². The van der Waals surface area contributed by atoms with Gasteiger partial charge in [-0.3, -0.25) is 0 Å². The van der Waals surface area contributed by atoms with Crippen LogP contribution in [0.2, 0.25) is 0 Å². The minimum atomic E-state index is 0.606. The van der Waals surface area contributed by atoms with Crippen molar-refractivity contribution in [2.45, 2.75) is 6.54 Å². The Hall–Kier alpha value is -0.900. The van der Waals surface area contributed by atoms with Crippen LogP contribution in [0.4, 0.5) is 0 Å². The zero-order valence-corrected chi connectivity index (χ0v) is 4.41. The number of nitrogens with zero attached hydrogens (tertiary/aromatic N) is 3. The fraction of sp³-hybridized carbons (Fsp3) is 0.500. The molecule has 0 saturated heterocycles. The second-order valence-electron chi connectivity index (χ2n) is 1.41. The number of rotatable bonds is 2. The molecule has 0 saturated carbocycles. The first kappa shape index (κ1) is 5.24. The summed E-state index contributed by atoms with van der Waals surface area (Å²) < 4.78 is 1.71. The first-order valence-electron chi connectivity index (χ1n) is 2.39. The number of hydrogen-bond acceptors (Lipinski definition) is 3. The summed E-state index contributed by atoms with van der Waals surface area (Å²) in [6, 6.07) is 0. The minimum Gasteiger partial charge on any atom is -0.329 e. The number of aromatic nitrogens is 3. The topological polar surface area (TPSA) is 56.7 Å². The lowest BCUT2D eigenvalue weighted by atomic mass is 10.6. The van der Waals surface area contributed by atoms with Gasteiger partial charge < -0.3 is 10.3 Å². The molecule has 0 bridgehead atoms. The molecular weight excluding hydrogens is 104 g/mol. The highest BCUT2D eigenvalue weighted by Crippen LogP contribution is 1.75. The van der Waals surface area contributed by atoms with Crippen molar-refractivity contribution in [1.29, 1.82) is 0 Å². The van der Waals surface area contributed by atoms with Crippen LogP contribution in [0.15, 0.2) is 6.33 Å². The molecule has 1 aromatic heterocycles. The monoisotopic (exact) mass is 111 g/mol. The Labute approximate surface area is 47.3 Å². The van der Waals surface area contributed by atoms with Gasteiger partial charge in [-0.15, -0.1) is 10.2 Å². The highest BCUT2D eigenvalue weighted by atomic mass is 15.2. The van der Waals surface area contributed by atoms with E-state index in [2.05, 4.69) is 16.5 Å². The summed E-state index contributed by atoms with van der Waals surface area (Å²) in [7, 11) is 0. The number of hydrogen-bond donors (Lipinski definition) is 1. The van der Waals surface area contributed by atoms with Crippen molar-refractivity contribution in [2.75, 3.05) is 6.54 Å². The SMILES string of the molecule is NCCn1[c]nnc1. The summed E-state index contributed by atoms with van der Waals surface area (Å²) in [6.45, 7) is 1.35. The van der Waals surface area contributed by atoms with Crippen LogP contribution >= 0.6 is 0 Å². The summed E-state index contributed by atoms with van der Waals surface area (Å²) in [6.07, 6.45) is 4.20. The van der Waals surface area contributed by atoms with Gasteiger partial charge >= 0.3 is 0 Å². The molecule has 0 fully saturated rings. The first-order chi connectivity index (χ1) is 3.93. The second-order valence-corrected chi connectivity index (χ2v) is 1.41. The van der Waals surface area contributed by atoms with Crippen LogP contribution in [-0.4, -0.2) is 21.3 Å². The Bertz CT molecular complexity index is 134. The van der Waals surface area contributed by atoms with Gasteiger partial charge in [-0.2, -0.15) is 0 Å². The van der Waals surface area contributed by atoms with E-state index in [9.17, 15) is 0 Å². The average molecular weight is 111 g/mol. The third kappa shape index (κ3) is 1.04. The van der Waals surface area contributed by atoms with E-state index in [-0.39, 0.29) is 0 Å². The minimum absolute atomic E-state index is 0.606. The predicted octanol–water partition coefficient (Wildman–Crippen LogP) is -0.963. The van der Waals surface area contributed by atoms with Gasteiger partial charge in [-0.25, -0.2) is 0 Å². The quantitative estimate of drug-likeness (QED) is 0.534. The Morgan fingerprint density at radius 3 is 3.12 bits per heavy atom. The summed E-state index contributed by atoms with van der Waals surface area (Å²) >= 11 is 0. The molecule has 0 aliphatic heterocycles. The third-order valence-electron chi connectivity index (χ3n) is 0.792. The van der Waals surface area contributed by atoms with Gasteiger partial charge in [-0.1, -0.05) is 0 Å². The van der Waals surface area contributed by atoms with E-state index in [1.807, 2.05) is 0 Å². The summed E-state index contributed by atoms with van der Waals surface area (Å²) in [4.78, 5) is 0. The average Bonchev–Trinajstić information content (AvgIpc) is 2.19. The van der Waals surface area contributed by atoms with Crippen molar-refractivity contribution in [2.24, 2.45) is 5.73 Å². The summed E-state index contributed by atoms with van der Waals surface area (Å²) in [5.74, 6) is 0. The van der Waals surface area contributed by atoms with Gasteiger partial charge in [0.25, 0.3) is 0 Å². The Balaban J connectivity index is 2.50. The van der Waals surface area contributed by atoms with Crippen molar-refractivity contribution in [1.82, 2.24) is 14.8 Å². The maximum Gasteiger partial charge on any atom is 0.201 e. The summed E-state index contributed by atoms with van der Waals surface area (Å²) in [5, 5.41) is 7.02. The molecule has 0 aliphatic rings. The number of nitrogens with two attached hydrogens (primary N) is 1. The van der Waals surface area contributed by atoms with Crippen molar-refractivity contribution >= 4 is 0 Å². The van der Waals surface area contributed by atoms with E-state index in [4.69, 9.17) is 5.73 Å². The van der Waals surface area contributed by atoms with E-state index in [0.29, 0.717) is 6.54 Å². The standard InChI is InChI=1S/C4H7N4/c5-1-2-8-3-6-7-4-8/h3H,1-2,5H2. The lowest BCUT2D eigenvalue weighted by Gasteiger charge is -1.91. The van der Waals surface area contributed by atoms with Crippen molar-refractivity contribution in [3.8, 4) is 0 Å². The van der Waals surface area contributed by atoms with Crippen LogP contribution < -0.4 is 5.73 Å². The van der Waals surface area contributed by atoms with Gasteiger partial charge in [0.2, 0.25) is 6.33 Å². The molecular formula is C4H7N4. The van der Waals surface area contributed by atoms with Crippen molar-refractivity contribution in [3.63, 3.8) is 0 Å². The molecule has 2 N–H and O–H groups in total. The highest BCUT2D eigenvalue weighted by Gasteiger charge is 1.84. The molecule has 0 aromatic carbocycles. The zero-order valence-electron chi connectivity index (χ0n) is 4.41. The molecule has 1 heterocycles. The predicted molar refractivity (Wildman–Crippen MR) is 27.9 cm³/mol. The van der Waals surface area contributed by atoms with E-state index in [0.717, 1.165) is 6.54 Å². The maximum atomic E-state index is 5.22. The third-order valence-corrected chi connectivity index (χ3v) is 0.792. The van der Waals surface area contributed by atoms with Crippen molar-refractivity contribution < 1.29 is 0 Å². The van der Waals surface area contributed by atoms with Gasteiger partial charge in [0.05, 0.1) is 0 Å². The molecule has 1 radical (unpaired) electrons. The maximum absolute atomic E-state index is 5.22. The van der Waals surface area contributed by atoms with E-state index < -0.39 is 0 Å². The fourth-order valence-electron chi connectivity index (χ4n) is 0.444. The van der Waals surface area contributed by atoms with Gasteiger partial charge in [-0.05, 0) is 0 Å². The Morgan fingerprint density at radius 1 is 1.75 bits per heavy atom. The molecule has 4 nitrogen and oxygen atoms in total. The normalized spacial score (nSPS) is 9.62. The Morgan fingerprint density at radius 2 is 2.62 bits per heavy atom. The fourth-order valence-corrected chi connectivity index (χ4v) is 0.444. The lowest BCUT2D eigenvalue weighted by Crippen LogP contribution is -2.07. The van der Waals surface area contributed by atoms with Crippen LogP contribution in [0.5, 0.6) is 0 Å². The largest absolute Gasteiger partial charge is 0.329 e. The molecule has 1 rings (SSSR count). The van der Waals surface area contributed by atoms with Crippen LogP contribution in [0.3, 0.4) is 0 Å². The molecule has 4 heteroatoms. The molecule has 43 valence electrons. The van der Waals surface area contributed by atoms with Crippen LogP contribution in [0.1, 0.15) is 0 Å². The molecule has 8 heavy (non-hydrogen) atoms. The first-order valence-corrected chi connectivity index (χ1v) is 2.39. The second kappa shape index (κ2) is 2.42. The Kier molecular flexibility index (Phi) is 1.58. The molecule has 0 atom stereocenters. The van der Waals surface area contributed by atoms with E-state index in [1.54, 1.807) is 10.9 Å². The molecule has 0 unspecified atom stereocenters. The van der Waals surface area contributed by atoms with Gasteiger partial charge in [0.1, 0.15) is 6.33 Å². The lowest BCUT2D eigenvalue weighted by molar-refractivity contribution is 0.700. The van der Waals surface area contributed by atoms with E-state index >= 15 is 0 Å². The van der Waals surface area contributed by atoms with Gasteiger partial charge in [0.15, 0.2) is 0 Å². The van der Waals surface area contributed by atoms with Gasteiger partial charge in [0, 0.05) is 13.1 Å². The molecule has 0 amide bonds. The van der Waals surface area contributed by atoms with Crippen molar-refractivity contribution in [3.05, 3.63) is 12.7 Å². The molecule has 0 aliphatic carbocycles. The van der Waals surface area contributed by atoms with E-state index in [1.165, 1.54) is 0 Å². The zero-order chi connectivity index (χ0) is 5.82. The van der Waals surface area contributed by atoms with Crippen LogP contribution in [0.25, 0.3) is 0 Å². The highest BCUT2D eigenvalue weighted by molar-refractivity contribution is 4.56. The van der Waals surface area contributed by atoms with Crippen LogP contribution in [-0.2, 0) is 6.54 Å². The molecule has 1 aromatic rings. The summed E-state index contributed by atoms with van der Waals surface area (Å²) in [5.41, 5.74) is 5.22. The smallest absolute Gasteiger partial charge is 0.201 e.